The molecule has 0 saturated heterocycles. The van der Waals surface area contributed by atoms with Gasteiger partial charge in [-0.25, -0.2) is 9.67 Å². The van der Waals surface area contributed by atoms with Crippen LogP contribution in [0.3, 0.4) is 0 Å². The Balaban J connectivity index is 1.92. The van der Waals surface area contributed by atoms with E-state index >= 15 is 0 Å². The van der Waals surface area contributed by atoms with Crippen LogP contribution in [-0.2, 0) is 17.6 Å². The van der Waals surface area contributed by atoms with Crippen molar-refractivity contribution in [3.05, 3.63) is 40.8 Å². The van der Waals surface area contributed by atoms with Gasteiger partial charge in [0.05, 0.1) is 11.8 Å². The maximum Gasteiger partial charge on any atom is 0.269 e. The van der Waals surface area contributed by atoms with Gasteiger partial charge in [-0.2, -0.15) is 5.10 Å². The van der Waals surface area contributed by atoms with E-state index in [9.17, 15) is 19.8 Å². The molecule has 164 valence electrons. The van der Waals surface area contributed by atoms with Gasteiger partial charge >= 0.3 is 0 Å². The lowest BCUT2D eigenvalue weighted by Gasteiger charge is -2.35. The molecule has 0 unspecified atom stereocenters. The zero-order valence-corrected chi connectivity index (χ0v) is 17.9. The number of hydrogen-bond acceptors (Lipinski definition) is 6. The second-order valence-corrected chi connectivity index (χ2v) is 8.50. The van der Waals surface area contributed by atoms with Crippen LogP contribution in [0.4, 0.5) is 0 Å². The van der Waals surface area contributed by atoms with Crippen LogP contribution < -0.4 is 5.73 Å². The zero-order chi connectivity index (χ0) is 22.8. The molecule has 0 fully saturated rings. The molecule has 2 aromatic heterocycles. The van der Waals surface area contributed by atoms with Crippen molar-refractivity contribution < 1.29 is 19.8 Å². The standard InChI is InChI=1S/C22H27N5O4/c1-22(2)12-17-16(11-18(22)30)20(21(23)31)25-27(17)19-10-14(6-8-24-19)4-5-15(29)7-9-26(3)13-28/h6,8,10,13,15,18,29-30H,7,9,11-12H2,1-3H3,(H2,23,31)/t15-,18-/m0/s1. The molecule has 0 aromatic carbocycles. The monoisotopic (exact) mass is 425 g/mol. The van der Waals surface area contributed by atoms with E-state index in [2.05, 4.69) is 21.9 Å². The van der Waals surface area contributed by atoms with Gasteiger partial charge in [0.15, 0.2) is 11.5 Å². The number of primary amides is 1. The quantitative estimate of drug-likeness (QED) is 0.442. The zero-order valence-electron chi connectivity index (χ0n) is 17.9. The Hall–Kier alpha value is -3.22. The lowest BCUT2D eigenvalue weighted by molar-refractivity contribution is -0.117. The first-order valence-electron chi connectivity index (χ1n) is 10.0. The van der Waals surface area contributed by atoms with Crippen LogP contribution in [0.25, 0.3) is 5.82 Å². The molecule has 9 heteroatoms. The highest BCUT2D eigenvalue weighted by atomic mass is 16.3. The van der Waals surface area contributed by atoms with Crippen molar-refractivity contribution in [1.29, 1.82) is 0 Å². The van der Waals surface area contributed by atoms with Gasteiger partial charge in [0.2, 0.25) is 6.41 Å². The summed E-state index contributed by atoms with van der Waals surface area (Å²) in [5.74, 6) is 5.49. The number of aromatic nitrogens is 3. The first kappa shape index (κ1) is 22.5. The Labute approximate surface area is 180 Å². The smallest absolute Gasteiger partial charge is 0.269 e. The lowest BCUT2D eigenvalue weighted by Crippen LogP contribution is -2.38. The fourth-order valence-electron chi connectivity index (χ4n) is 3.52. The van der Waals surface area contributed by atoms with Gasteiger partial charge < -0.3 is 20.8 Å². The number of nitrogens with two attached hydrogens (primary N) is 1. The Morgan fingerprint density at radius 3 is 2.94 bits per heavy atom. The predicted octanol–water partition coefficient (Wildman–Crippen LogP) is 0.0426. The molecule has 0 spiro atoms. The molecule has 2 aromatic rings. The fourth-order valence-corrected chi connectivity index (χ4v) is 3.52. The van der Waals surface area contributed by atoms with E-state index in [0.717, 1.165) is 5.69 Å². The van der Waals surface area contributed by atoms with Crippen molar-refractivity contribution >= 4 is 12.3 Å². The van der Waals surface area contributed by atoms with Crippen LogP contribution in [0, 0.1) is 17.3 Å². The Morgan fingerprint density at radius 2 is 2.26 bits per heavy atom. The summed E-state index contributed by atoms with van der Waals surface area (Å²) in [4.78, 5) is 28.4. The van der Waals surface area contributed by atoms with Crippen LogP contribution in [0.15, 0.2) is 18.3 Å². The second kappa shape index (κ2) is 8.88. The predicted molar refractivity (Wildman–Crippen MR) is 113 cm³/mol. The number of hydrogen-bond donors (Lipinski definition) is 3. The summed E-state index contributed by atoms with van der Waals surface area (Å²) < 4.78 is 1.59. The highest BCUT2D eigenvalue weighted by molar-refractivity contribution is 5.92. The van der Waals surface area contributed by atoms with E-state index in [1.54, 1.807) is 30.1 Å². The summed E-state index contributed by atoms with van der Waals surface area (Å²) in [5, 5.41) is 24.9. The number of carbonyl (C=O) groups excluding carboxylic acids is 2. The normalized spacial score (nSPS) is 17.8. The molecule has 2 heterocycles. The van der Waals surface area contributed by atoms with Gasteiger partial charge in [0, 0.05) is 43.8 Å². The Morgan fingerprint density at radius 1 is 1.52 bits per heavy atom. The van der Waals surface area contributed by atoms with Crippen molar-refractivity contribution in [3.63, 3.8) is 0 Å². The number of rotatable bonds is 6. The maximum atomic E-state index is 11.9. The molecule has 2 amide bonds. The molecule has 9 nitrogen and oxygen atoms in total. The molecule has 0 radical (unpaired) electrons. The van der Waals surface area contributed by atoms with E-state index < -0.39 is 23.5 Å². The number of pyridine rings is 1. The van der Waals surface area contributed by atoms with Gasteiger partial charge in [0.25, 0.3) is 5.91 Å². The average Bonchev–Trinajstić information content (AvgIpc) is 3.08. The highest BCUT2D eigenvalue weighted by Crippen LogP contribution is 2.37. The van der Waals surface area contributed by atoms with E-state index in [4.69, 9.17) is 5.73 Å². The number of aliphatic hydroxyl groups excluding tert-OH is 2. The van der Waals surface area contributed by atoms with Crippen LogP contribution >= 0.6 is 0 Å². The molecule has 1 aliphatic carbocycles. The highest BCUT2D eigenvalue weighted by Gasteiger charge is 2.39. The van der Waals surface area contributed by atoms with Gasteiger partial charge in [-0.15, -0.1) is 0 Å². The topological polar surface area (TPSA) is 135 Å². The fraction of sp³-hybridized carbons (Fsp3) is 0.455. The second-order valence-electron chi connectivity index (χ2n) is 8.50. The number of aliphatic hydroxyl groups is 2. The van der Waals surface area contributed by atoms with Crippen LogP contribution in [0.5, 0.6) is 0 Å². The number of amides is 2. The van der Waals surface area contributed by atoms with Gasteiger partial charge in [-0.3, -0.25) is 9.59 Å². The van der Waals surface area contributed by atoms with Crippen molar-refractivity contribution in [3.8, 4) is 17.7 Å². The third kappa shape index (κ3) is 4.93. The van der Waals surface area contributed by atoms with Gasteiger partial charge in [-0.05, 0) is 24.0 Å². The summed E-state index contributed by atoms with van der Waals surface area (Å²) in [6, 6.07) is 3.42. The first-order valence-corrected chi connectivity index (χ1v) is 10.0. The number of fused-ring (bicyclic) bond motifs is 1. The third-order valence-corrected chi connectivity index (χ3v) is 5.53. The molecular formula is C22H27N5O4. The minimum Gasteiger partial charge on any atom is -0.392 e. The van der Waals surface area contributed by atoms with Crippen molar-refractivity contribution in [1.82, 2.24) is 19.7 Å². The number of nitrogens with zero attached hydrogens (tertiary/aromatic N) is 4. The van der Waals surface area contributed by atoms with Crippen LogP contribution in [0.1, 0.15) is 47.6 Å². The SMILES string of the molecule is CN(C=O)CC[C@@H](O)C#Cc1ccnc(-n2nc(C(N)=O)c3c2CC(C)(C)[C@@H](O)C3)c1. The van der Waals surface area contributed by atoms with E-state index in [1.165, 1.54) is 4.90 Å². The Bertz CT molecular complexity index is 1050. The number of carbonyl (C=O) groups is 2. The van der Waals surface area contributed by atoms with Gasteiger partial charge in [-0.1, -0.05) is 25.7 Å². The molecule has 2 atom stereocenters. The first-order chi connectivity index (χ1) is 14.6. The van der Waals surface area contributed by atoms with Crippen molar-refractivity contribution in [2.45, 2.75) is 45.3 Å². The third-order valence-electron chi connectivity index (χ3n) is 5.53. The molecule has 31 heavy (non-hydrogen) atoms. The Kier molecular flexibility index (Phi) is 6.43. The van der Waals surface area contributed by atoms with E-state index in [-0.39, 0.29) is 5.69 Å². The molecule has 0 aliphatic heterocycles. The summed E-state index contributed by atoms with van der Waals surface area (Å²) in [6.45, 7) is 4.32. The molecule has 0 saturated carbocycles. The van der Waals surface area contributed by atoms with Gasteiger partial charge in [0.1, 0.15) is 6.10 Å². The molecule has 1 aliphatic rings. The van der Waals surface area contributed by atoms with E-state index in [0.29, 0.717) is 49.2 Å². The maximum absolute atomic E-state index is 11.9. The minimum absolute atomic E-state index is 0.137. The summed E-state index contributed by atoms with van der Waals surface area (Å²) in [7, 11) is 1.63. The van der Waals surface area contributed by atoms with Crippen molar-refractivity contribution in [2.75, 3.05) is 13.6 Å². The summed E-state index contributed by atoms with van der Waals surface area (Å²) in [5.41, 5.74) is 7.32. The largest absolute Gasteiger partial charge is 0.392 e. The molecule has 0 bridgehead atoms. The van der Waals surface area contributed by atoms with Crippen LogP contribution in [0.2, 0.25) is 0 Å². The molecule has 3 rings (SSSR count). The molecular weight excluding hydrogens is 398 g/mol. The average molecular weight is 425 g/mol. The molecule has 4 N–H and O–H groups in total. The van der Waals surface area contributed by atoms with Crippen molar-refractivity contribution in [2.24, 2.45) is 11.1 Å². The van der Waals surface area contributed by atoms with E-state index in [1.807, 2.05) is 13.8 Å². The lowest BCUT2D eigenvalue weighted by atomic mass is 9.74. The van der Waals surface area contributed by atoms with Crippen LogP contribution in [-0.4, -0.2) is 68.0 Å². The summed E-state index contributed by atoms with van der Waals surface area (Å²) >= 11 is 0. The minimum atomic E-state index is -0.875. The summed E-state index contributed by atoms with van der Waals surface area (Å²) in [6.07, 6.45) is 1.92.